The molecule has 150 valence electrons. The molecule has 0 fully saturated rings. The van der Waals surface area contributed by atoms with Gasteiger partial charge >= 0.3 is 0 Å². The first kappa shape index (κ1) is 20.5. The lowest BCUT2D eigenvalue weighted by molar-refractivity contribution is -0.122. The van der Waals surface area contributed by atoms with Crippen molar-refractivity contribution in [3.8, 4) is 11.5 Å². The molecule has 0 aliphatic heterocycles. The van der Waals surface area contributed by atoms with Gasteiger partial charge in [-0.15, -0.1) is 0 Å². The molecule has 3 rings (SSSR count). The van der Waals surface area contributed by atoms with Crippen LogP contribution in [0.3, 0.4) is 0 Å². The number of benzene rings is 3. The van der Waals surface area contributed by atoms with E-state index in [1.807, 2.05) is 73.7 Å². The molecule has 29 heavy (non-hydrogen) atoms. The Hall–Kier alpha value is -3.27. The van der Waals surface area contributed by atoms with E-state index in [0.29, 0.717) is 23.8 Å². The Bertz CT molecular complexity index is 924. The molecule has 1 atom stereocenters. The summed E-state index contributed by atoms with van der Waals surface area (Å²) in [5, 5.41) is 2.92. The predicted molar refractivity (Wildman–Crippen MR) is 117 cm³/mol. The summed E-state index contributed by atoms with van der Waals surface area (Å²) in [5.74, 6) is 1.16. The molecule has 4 nitrogen and oxygen atoms in total. The van der Waals surface area contributed by atoms with Crippen LogP contribution in [0.5, 0.6) is 11.5 Å². The maximum Gasteiger partial charge on any atom is 0.265 e. The number of ether oxygens (including phenoxy) is 2. The number of carbonyl (C=O) groups is 1. The highest BCUT2D eigenvalue weighted by molar-refractivity contribution is 5.95. The molecule has 3 aromatic carbocycles. The van der Waals surface area contributed by atoms with E-state index in [0.717, 1.165) is 18.4 Å². The van der Waals surface area contributed by atoms with Gasteiger partial charge in [-0.2, -0.15) is 0 Å². The van der Waals surface area contributed by atoms with Gasteiger partial charge < -0.3 is 14.8 Å². The Balaban J connectivity index is 1.54. The number of para-hydroxylation sites is 3. The van der Waals surface area contributed by atoms with E-state index >= 15 is 0 Å². The van der Waals surface area contributed by atoms with Gasteiger partial charge in [-0.25, -0.2) is 0 Å². The summed E-state index contributed by atoms with van der Waals surface area (Å²) >= 11 is 0. The van der Waals surface area contributed by atoms with Crippen molar-refractivity contribution in [3.63, 3.8) is 0 Å². The predicted octanol–water partition coefficient (Wildman–Crippen LogP) is 5.41. The van der Waals surface area contributed by atoms with Gasteiger partial charge in [0.25, 0.3) is 5.91 Å². The third-order valence-electron chi connectivity index (χ3n) is 4.62. The lowest BCUT2D eigenvalue weighted by atomic mass is 10.1. The molecule has 4 heteroatoms. The first-order valence-electron chi connectivity index (χ1n) is 9.92. The molecule has 1 N–H and O–H groups in total. The van der Waals surface area contributed by atoms with Gasteiger partial charge in [-0.3, -0.25) is 4.79 Å². The summed E-state index contributed by atoms with van der Waals surface area (Å²) < 4.78 is 11.7. The molecule has 0 radical (unpaired) electrons. The first-order chi connectivity index (χ1) is 14.1. The zero-order valence-electron chi connectivity index (χ0n) is 16.9. The van der Waals surface area contributed by atoms with Crippen LogP contribution in [0.15, 0.2) is 78.9 Å². The summed E-state index contributed by atoms with van der Waals surface area (Å²) in [5.41, 5.74) is 2.94. The van der Waals surface area contributed by atoms with Crippen molar-refractivity contribution in [2.75, 3.05) is 11.9 Å². The quantitative estimate of drug-likeness (QED) is 0.498. The third-order valence-corrected chi connectivity index (χ3v) is 4.62. The summed E-state index contributed by atoms with van der Waals surface area (Å²) in [6.07, 6.45) is 1.23. The molecule has 0 aliphatic carbocycles. The molecule has 0 aliphatic rings. The second-order valence-electron chi connectivity index (χ2n) is 6.95. The number of anilines is 1. The monoisotopic (exact) mass is 389 g/mol. The van der Waals surface area contributed by atoms with Crippen LogP contribution in [0.25, 0.3) is 0 Å². The minimum absolute atomic E-state index is 0.214. The van der Waals surface area contributed by atoms with E-state index in [4.69, 9.17) is 9.47 Å². The summed E-state index contributed by atoms with van der Waals surface area (Å²) in [6.45, 7) is 4.28. The normalized spacial score (nSPS) is 11.5. The molecule has 0 saturated heterocycles. The molecule has 0 spiro atoms. The maximum absolute atomic E-state index is 12.6. The van der Waals surface area contributed by atoms with Gasteiger partial charge in [-0.1, -0.05) is 60.7 Å². The van der Waals surface area contributed by atoms with Crippen molar-refractivity contribution in [1.82, 2.24) is 0 Å². The van der Waals surface area contributed by atoms with Crippen LogP contribution in [0.2, 0.25) is 0 Å². The summed E-state index contributed by atoms with van der Waals surface area (Å²) in [7, 11) is 0. The third kappa shape index (κ3) is 6.11. The zero-order valence-corrected chi connectivity index (χ0v) is 16.9. The minimum atomic E-state index is -0.623. The van der Waals surface area contributed by atoms with E-state index in [1.54, 1.807) is 6.92 Å². The molecule has 1 amide bonds. The van der Waals surface area contributed by atoms with Gasteiger partial charge in [0, 0.05) is 0 Å². The average molecular weight is 389 g/mol. The van der Waals surface area contributed by atoms with Crippen molar-refractivity contribution < 1.29 is 14.3 Å². The molecular formula is C25H27NO3. The molecule has 1 unspecified atom stereocenters. The molecule has 0 aromatic heterocycles. The van der Waals surface area contributed by atoms with Crippen molar-refractivity contribution >= 4 is 11.6 Å². The largest absolute Gasteiger partial charge is 0.491 e. The average Bonchev–Trinajstić information content (AvgIpc) is 2.74. The molecule has 0 bridgehead atoms. The fraction of sp³-hybridized carbons (Fsp3) is 0.240. The number of hydrogen-bond acceptors (Lipinski definition) is 3. The van der Waals surface area contributed by atoms with Crippen LogP contribution in [-0.2, 0) is 11.2 Å². The van der Waals surface area contributed by atoms with Gasteiger partial charge in [0.15, 0.2) is 6.10 Å². The summed E-state index contributed by atoms with van der Waals surface area (Å²) in [4.78, 5) is 12.6. The van der Waals surface area contributed by atoms with E-state index in [-0.39, 0.29) is 5.91 Å². The Morgan fingerprint density at radius 2 is 1.55 bits per heavy atom. The van der Waals surface area contributed by atoms with Crippen LogP contribution in [0.4, 0.5) is 5.69 Å². The van der Waals surface area contributed by atoms with Gasteiger partial charge in [0.05, 0.1) is 12.3 Å². The van der Waals surface area contributed by atoms with Gasteiger partial charge in [0.1, 0.15) is 11.5 Å². The summed E-state index contributed by atoms with van der Waals surface area (Å²) in [6, 6.07) is 25.5. The fourth-order valence-electron chi connectivity index (χ4n) is 2.97. The fourth-order valence-corrected chi connectivity index (χ4v) is 2.97. The number of nitrogens with one attached hydrogen (secondary N) is 1. The SMILES string of the molecule is Cc1ccccc1OC(C)C(=O)Nc1ccccc1OCCCc1ccccc1. The number of aryl methyl sites for hydroxylation is 2. The second-order valence-corrected chi connectivity index (χ2v) is 6.95. The van der Waals surface area contributed by atoms with Gasteiger partial charge in [0.2, 0.25) is 0 Å². The van der Waals surface area contributed by atoms with Gasteiger partial charge in [-0.05, 0) is 56.0 Å². The lowest BCUT2D eigenvalue weighted by Gasteiger charge is -2.17. The van der Waals surface area contributed by atoms with Crippen LogP contribution in [0, 0.1) is 6.92 Å². The highest BCUT2D eigenvalue weighted by Crippen LogP contribution is 2.25. The van der Waals surface area contributed by atoms with Crippen molar-refractivity contribution in [3.05, 3.63) is 90.0 Å². The van der Waals surface area contributed by atoms with Crippen molar-refractivity contribution in [2.24, 2.45) is 0 Å². The molecule has 0 heterocycles. The lowest BCUT2D eigenvalue weighted by Crippen LogP contribution is -2.30. The first-order valence-corrected chi connectivity index (χ1v) is 9.92. The highest BCUT2D eigenvalue weighted by atomic mass is 16.5. The molecule has 3 aromatic rings. The Kier molecular flexibility index (Phi) is 7.28. The number of amides is 1. The number of carbonyl (C=O) groups excluding carboxylic acids is 1. The Morgan fingerprint density at radius 3 is 2.31 bits per heavy atom. The minimum Gasteiger partial charge on any atom is -0.491 e. The van der Waals surface area contributed by atoms with Crippen molar-refractivity contribution in [2.45, 2.75) is 32.8 Å². The maximum atomic E-state index is 12.6. The Labute approximate surface area is 172 Å². The number of rotatable bonds is 9. The van der Waals surface area contributed by atoms with Crippen LogP contribution in [-0.4, -0.2) is 18.6 Å². The van der Waals surface area contributed by atoms with E-state index in [1.165, 1.54) is 5.56 Å². The number of hydrogen-bond donors (Lipinski definition) is 1. The zero-order chi connectivity index (χ0) is 20.5. The van der Waals surface area contributed by atoms with Crippen LogP contribution >= 0.6 is 0 Å². The standard InChI is InChI=1S/C25H27NO3/c1-19-11-6-8-16-23(19)29-20(2)25(27)26-22-15-7-9-17-24(22)28-18-10-14-21-12-4-3-5-13-21/h3-9,11-13,15-17,20H,10,14,18H2,1-2H3,(H,26,27). The smallest absolute Gasteiger partial charge is 0.265 e. The topological polar surface area (TPSA) is 47.6 Å². The van der Waals surface area contributed by atoms with Crippen LogP contribution < -0.4 is 14.8 Å². The second kappa shape index (κ2) is 10.3. The van der Waals surface area contributed by atoms with Crippen molar-refractivity contribution in [1.29, 1.82) is 0 Å². The Morgan fingerprint density at radius 1 is 0.897 bits per heavy atom. The van der Waals surface area contributed by atoms with Crippen LogP contribution in [0.1, 0.15) is 24.5 Å². The van der Waals surface area contributed by atoms with E-state index in [9.17, 15) is 4.79 Å². The molecular weight excluding hydrogens is 362 g/mol. The molecule has 0 saturated carbocycles. The highest BCUT2D eigenvalue weighted by Gasteiger charge is 2.17. The van der Waals surface area contributed by atoms with E-state index in [2.05, 4.69) is 17.4 Å². The van der Waals surface area contributed by atoms with E-state index < -0.39 is 6.10 Å².